The number of benzene rings is 1. The van der Waals surface area contributed by atoms with E-state index in [1.807, 2.05) is 49.6 Å². The molecule has 5 aromatic rings. The van der Waals surface area contributed by atoms with Gasteiger partial charge in [0.1, 0.15) is 11.2 Å². The van der Waals surface area contributed by atoms with Crippen molar-refractivity contribution in [3.63, 3.8) is 0 Å². The van der Waals surface area contributed by atoms with Crippen LogP contribution in [0.15, 0.2) is 65.8 Å². The van der Waals surface area contributed by atoms with Gasteiger partial charge < -0.3 is 14.8 Å². The van der Waals surface area contributed by atoms with Crippen LogP contribution in [0, 0.1) is 0 Å². The summed E-state index contributed by atoms with van der Waals surface area (Å²) < 4.78 is 0. The Morgan fingerprint density at radius 3 is 2.77 bits per heavy atom. The fourth-order valence-corrected chi connectivity index (χ4v) is 4.17. The maximum Gasteiger partial charge on any atom is 0.180 e. The zero-order chi connectivity index (χ0) is 24.5. The van der Waals surface area contributed by atoms with E-state index in [1.165, 1.54) is 0 Å². The number of pyridine rings is 2. The highest BCUT2D eigenvalue weighted by Crippen LogP contribution is 2.32. The number of nitrogens with one attached hydrogen (secondary N) is 2. The summed E-state index contributed by atoms with van der Waals surface area (Å²) in [5.41, 5.74) is 8.16. The summed E-state index contributed by atoms with van der Waals surface area (Å²) >= 11 is 0. The molecule has 5 rings (SSSR count). The number of aliphatic imine (C=N–C) groups is 1. The molecule has 0 amide bonds. The van der Waals surface area contributed by atoms with Crippen molar-refractivity contribution in [2.45, 2.75) is 13.5 Å². The summed E-state index contributed by atoms with van der Waals surface area (Å²) in [6, 6.07) is 10.4. The van der Waals surface area contributed by atoms with E-state index in [2.05, 4.69) is 74.1 Å². The van der Waals surface area contributed by atoms with Crippen molar-refractivity contribution in [3.8, 4) is 22.6 Å². The Bertz CT molecular complexity index is 1560. The normalized spacial score (nSPS) is 12.1. The number of imidazole rings is 1. The summed E-state index contributed by atoms with van der Waals surface area (Å²) in [7, 11) is 6.06. The van der Waals surface area contributed by atoms with Crippen LogP contribution < -0.4 is 4.90 Å². The van der Waals surface area contributed by atoms with E-state index >= 15 is 0 Å². The van der Waals surface area contributed by atoms with Gasteiger partial charge in [-0.3, -0.25) is 15.1 Å². The van der Waals surface area contributed by atoms with Gasteiger partial charge >= 0.3 is 0 Å². The Hall–Kier alpha value is -4.37. The van der Waals surface area contributed by atoms with Gasteiger partial charge in [-0.1, -0.05) is 6.07 Å². The van der Waals surface area contributed by atoms with E-state index in [0.29, 0.717) is 11.5 Å². The first-order valence-corrected chi connectivity index (χ1v) is 11.2. The Kier molecular flexibility index (Phi) is 5.84. The first kappa shape index (κ1) is 22.4. The molecule has 0 unspecified atom stereocenters. The molecule has 0 saturated heterocycles. The number of H-pyrrole nitrogens is 2. The molecule has 0 aliphatic heterocycles. The second-order valence-electron chi connectivity index (χ2n) is 8.81. The predicted octanol–water partition coefficient (Wildman–Crippen LogP) is 4.62. The van der Waals surface area contributed by atoms with E-state index in [9.17, 15) is 0 Å². The molecule has 0 aliphatic rings. The van der Waals surface area contributed by atoms with E-state index < -0.39 is 0 Å². The van der Waals surface area contributed by atoms with Crippen LogP contribution in [-0.4, -0.2) is 62.9 Å². The summed E-state index contributed by atoms with van der Waals surface area (Å²) in [5, 5.41) is 8.67. The van der Waals surface area contributed by atoms with Crippen LogP contribution >= 0.6 is 0 Å². The minimum absolute atomic E-state index is 0.620. The summed E-state index contributed by atoms with van der Waals surface area (Å²) in [4.78, 5) is 25.2. The number of fused-ring (bicyclic) bond motifs is 2. The number of aromatic amines is 2. The second-order valence-corrected chi connectivity index (χ2v) is 8.81. The monoisotopic (exact) mass is 465 g/mol. The number of allylic oxidation sites excluding steroid dienone is 1. The fourth-order valence-electron chi connectivity index (χ4n) is 4.17. The quantitative estimate of drug-likeness (QED) is 0.340. The first-order chi connectivity index (χ1) is 16.9. The molecule has 9 heteroatoms. The summed E-state index contributed by atoms with van der Waals surface area (Å²) in [5.74, 6) is 0.652. The molecule has 2 N–H and O–H groups in total. The zero-order valence-electron chi connectivity index (χ0n) is 20.2. The predicted molar refractivity (Wildman–Crippen MR) is 141 cm³/mol. The highest BCUT2D eigenvalue weighted by molar-refractivity contribution is 5.96. The van der Waals surface area contributed by atoms with E-state index in [-0.39, 0.29) is 0 Å². The van der Waals surface area contributed by atoms with Crippen LogP contribution in [0.5, 0.6) is 0 Å². The lowest BCUT2D eigenvalue weighted by Crippen LogP contribution is -2.10. The Balaban J connectivity index is 1.57. The van der Waals surface area contributed by atoms with Crippen molar-refractivity contribution in [1.29, 1.82) is 0 Å². The molecule has 0 spiro atoms. The smallest absolute Gasteiger partial charge is 0.180 e. The number of anilines is 1. The SMILES string of the molecule is C=N/C(C)=C\N(C)c1ccnc2nc(-c3n[nH]c4ccc(-c5cncc(CN(C)C)c5)cc34)[nH]c12. The minimum Gasteiger partial charge on any atom is -0.347 e. The molecule has 176 valence electrons. The third-order valence-corrected chi connectivity index (χ3v) is 5.79. The van der Waals surface area contributed by atoms with Crippen molar-refractivity contribution < 1.29 is 0 Å². The van der Waals surface area contributed by atoms with Crippen molar-refractivity contribution in [1.82, 2.24) is 35.0 Å². The molecule has 0 radical (unpaired) electrons. The van der Waals surface area contributed by atoms with Crippen molar-refractivity contribution in [2.75, 3.05) is 26.0 Å². The van der Waals surface area contributed by atoms with Gasteiger partial charge in [-0.2, -0.15) is 5.10 Å². The molecule has 4 heterocycles. The van der Waals surface area contributed by atoms with Gasteiger partial charge in [-0.15, -0.1) is 0 Å². The number of nitrogens with zero attached hydrogens (tertiary/aromatic N) is 7. The zero-order valence-corrected chi connectivity index (χ0v) is 20.2. The fraction of sp³-hybridized carbons (Fsp3) is 0.192. The van der Waals surface area contributed by atoms with Crippen molar-refractivity contribution in [3.05, 3.63) is 66.4 Å². The minimum atomic E-state index is 0.620. The number of hydrogen-bond acceptors (Lipinski definition) is 7. The third kappa shape index (κ3) is 4.41. The van der Waals surface area contributed by atoms with Crippen molar-refractivity contribution >= 4 is 34.5 Å². The molecule has 1 aromatic carbocycles. The van der Waals surface area contributed by atoms with E-state index in [4.69, 9.17) is 4.98 Å². The van der Waals surface area contributed by atoms with Crippen LogP contribution in [0.25, 0.3) is 44.7 Å². The second kappa shape index (κ2) is 9.11. The molecule has 35 heavy (non-hydrogen) atoms. The topological polar surface area (TPSA) is 102 Å². The van der Waals surface area contributed by atoms with Gasteiger partial charge in [0, 0.05) is 49.3 Å². The van der Waals surface area contributed by atoms with Crippen LogP contribution in [-0.2, 0) is 6.54 Å². The first-order valence-electron chi connectivity index (χ1n) is 11.2. The Morgan fingerprint density at radius 1 is 1.11 bits per heavy atom. The maximum atomic E-state index is 4.75. The third-order valence-electron chi connectivity index (χ3n) is 5.79. The lowest BCUT2D eigenvalue weighted by molar-refractivity contribution is 0.402. The van der Waals surface area contributed by atoms with Gasteiger partial charge in [0.2, 0.25) is 0 Å². The molecular weight excluding hydrogens is 438 g/mol. The van der Waals surface area contributed by atoms with Gasteiger partial charge in [0.15, 0.2) is 11.5 Å². The van der Waals surface area contributed by atoms with Gasteiger partial charge in [-0.25, -0.2) is 9.97 Å². The maximum absolute atomic E-state index is 4.75. The van der Waals surface area contributed by atoms with Crippen LogP contribution in [0.1, 0.15) is 12.5 Å². The highest BCUT2D eigenvalue weighted by atomic mass is 15.2. The van der Waals surface area contributed by atoms with E-state index in [0.717, 1.165) is 56.7 Å². The van der Waals surface area contributed by atoms with Crippen LogP contribution in [0.4, 0.5) is 5.69 Å². The molecule has 0 bridgehead atoms. The lowest BCUT2D eigenvalue weighted by atomic mass is 10.0. The van der Waals surface area contributed by atoms with Crippen LogP contribution in [0.2, 0.25) is 0 Å². The molecule has 9 nitrogen and oxygen atoms in total. The van der Waals surface area contributed by atoms with Gasteiger partial charge in [0.25, 0.3) is 0 Å². The van der Waals surface area contributed by atoms with Crippen LogP contribution in [0.3, 0.4) is 0 Å². The van der Waals surface area contributed by atoms with Crippen molar-refractivity contribution in [2.24, 2.45) is 4.99 Å². The number of hydrogen-bond donors (Lipinski definition) is 2. The number of aromatic nitrogens is 6. The van der Waals surface area contributed by atoms with E-state index in [1.54, 1.807) is 6.20 Å². The molecule has 4 aromatic heterocycles. The number of rotatable bonds is 7. The lowest BCUT2D eigenvalue weighted by Gasteiger charge is -2.15. The molecule has 0 atom stereocenters. The average molecular weight is 466 g/mol. The summed E-state index contributed by atoms with van der Waals surface area (Å²) in [6.07, 6.45) is 7.46. The standard InChI is InChI=1S/C26H27N9/c1-16(27-2)14-35(5)22-8-9-29-25-24(22)30-26(31-25)23-20-11-18(6-7-21(20)32-33-23)19-10-17(12-28-13-19)15-34(3)4/h6-14H,2,15H2,1,3-5H3,(H,32,33)(H,29,30,31)/b16-14-. The largest absolute Gasteiger partial charge is 0.347 e. The molecule has 0 fully saturated rings. The Labute approximate surface area is 203 Å². The molecular formula is C26H27N9. The van der Waals surface area contributed by atoms with Gasteiger partial charge in [0.05, 0.1) is 16.9 Å². The average Bonchev–Trinajstić information content (AvgIpc) is 3.47. The molecule has 0 saturated carbocycles. The molecule has 0 aliphatic carbocycles. The Morgan fingerprint density at radius 2 is 1.97 bits per heavy atom. The highest BCUT2D eigenvalue weighted by Gasteiger charge is 2.17. The summed E-state index contributed by atoms with van der Waals surface area (Å²) in [6.45, 7) is 6.32. The van der Waals surface area contributed by atoms with Gasteiger partial charge in [-0.05, 0) is 63.1 Å².